The molecule has 6 heteroatoms. The fourth-order valence-corrected chi connectivity index (χ4v) is 1.44. The Hall–Kier alpha value is -2.10. The smallest absolute Gasteiger partial charge is 0.254 e. The number of benzene rings is 1. The molecule has 0 bridgehead atoms. The van der Waals surface area contributed by atoms with Crippen LogP contribution < -0.4 is 15.8 Å². The molecule has 1 aromatic carbocycles. The number of hydrogen-bond acceptors (Lipinski definition) is 5. The van der Waals surface area contributed by atoms with E-state index >= 15 is 0 Å². The van der Waals surface area contributed by atoms with Crippen LogP contribution in [0, 0.1) is 11.3 Å². The van der Waals surface area contributed by atoms with Crippen LogP contribution >= 0.6 is 0 Å². The van der Waals surface area contributed by atoms with Crippen molar-refractivity contribution >= 4 is 11.6 Å². The third kappa shape index (κ3) is 2.97. The van der Waals surface area contributed by atoms with Gasteiger partial charge in [0.2, 0.25) is 0 Å². The maximum Gasteiger partial charge on any atom is 0.254 e. The number of carbonyl (C=O) groups is 1. The zero-order chi connectivity index (χ0) is 13.5. The van der Waals surface area contributed by atoms with E-state index in [0.29, 0.717) is 17.0 Å². The van der Waals surface area contributed by atoms with Gasteiger partial charge in [0.1, 0.15) is 23.6 Å². The van der Waals surface area contributed by atoms with Crippen LogP contribution in [0.25, 0.3) is 0 Å². The molecule has 0 aliphatic carbocycles. The van der Waals surface area contributed by atoms with E-state index in [0.717, 1.165) is 0 Å². The highest BCUT2D eigenvalue weighted by Gasteiger charge is 2.19. The van der Waals surface area contributed by atoms with Gasteiger partial charge in [0, 0.05) is 13.7 Å². The predicted molar refractivity (Wildman–Crippen MR) is 66.2 cm³/mol. The number of amides is 1. The summed E-state index contributed by atoms with van der Waals surface area (Å²) in [4.78, 5) is 11.8. The number of para-hydroxylation sites is 1. The molecule has 96 valence electrons. The zero-order valence-electron chi connectivity index (χ0n) is 10.3. The molecule has 0 saturated carbocycles. The maximum atomic E-state index is 11.8. The third-order valence-corrected chi connectivity index (χ3v) is 2.41. The first-order valence-electron chi connectivity index (χ1n) is 5.28. The molecular weight excluding hydrogens is 234 g/mol. The van der Waals surface area contributed by atoms with E-state index in [-0.39, 0.29) is 6.54 Å². The molecule has 0 radical (unpaired) electrons. The van der Waals surface area contributed by atoms with Gasteiger partial charge in [-0.25, -0.2) is 0 Å². The van der Waals surface area contributed by atoms with Crippen LogP contribution in [0.5, 0.6) is 5.75 Å². The SMILES string of the molecule is COc1cccc(C#N)c1NC(=O)C(CN)OC. The van der Waals surface area contributed by atoms with Crippen LogP contribution in [-0.4, -0.2) is 32.8 Å². The molecule has 0 saturated heterocycles. The summed E-state index contributed by atoms with van der Waals surface area (Å²) in [5.74, 6) is -0.00438. The quantitative estimate of drug-likeness (QED) is 0.791. The molecular formula is C12H15N3O3. The highest BCUT2D eigenvalue weighted by Crippen LogP contribution is 2.27. The fraction of sp³-hybridized carbons (Fsp3) is 0.333. The van der Waals surface area contributed by atoms with E-state index in [4.69, 9.17) is 20.5 Å². The summed E-state index contributed by atoms with van der Waals surface area (Å²) in [6, 6.07) is 6.89. The maximum absolute atomic E-state index is 11.8. The average molecular weight is 249 g/mol. The molecule has 1 unspecified atom stereocenters. The van der Waals surface area contributed by atoms with Crippen molar-refractivity contribution in [3.63, 3.8) is 0 Å². The Morgan fingerprint density at radius 1 is 1.56 bits per heavy atom. The topological polar surface area (TPSA) is 97.4 Å². The molecule has 0 aromatic heterocycles. The zero-order valence-corrected chi connectivity index (χ0v) is 10.3. The second kappa shape index (κ2) is 6.59. The molecule has 0 heterocycles. The van der Waals surface area contributed by atoms with Gasteiger partial charge < -0.3 is 20.5 Å². The van der Waals surface area contributed by atoms with E-state index in [2.05, 4.69) is 5.32 Å². The number of nitrogens with one attached hydrogen (secondary N) is 1. The summed E-state index contributed by atoms with van der Waals surface area (Å²) in [7, 11) is 2.85. The van der Waals surface area contributed by atoms with Gasteiger partial charge in [-0.05, 0) is 12.1 Å². The molecule has 6 nitrogen and oxygen atoms in total. The minimum atomic E-state index is -0.763. The number of carbonyl (C=O) groups excluding carboxylic acids is 1. The summed E-state index contributed by atoms with van der Waals surface area (Å²) in [5.41, 5.74) is 6.03. The van der Waals surface area contributed by atoms with Gasteiger partial charge in [0.25, 0.3) is 5.91 Å². The van der Waals surface area contributed by atoms with Gasteiger partial charge in [-0.1, -0.05) is 6.07 Å². The minimum Gasteiger partial charge on any atom is -0.495 e. The van der Waals surface area contributed by atoms with Gasteiger partial charge in [0.05, 0.1) is 12.7 Å². The molecule has 1 aromatic rings. The van der Waals surface area contributed by atoms with Crippen molar-refractivity contribution in [2.24, 2.45) is 5.73 Å². The molecule has 0 fully saturated rings. The van der Waals surface area contributed by atoms with Crippen molar-refractivity contribution in [1.29, 1.82) is 5.26 Å². The van der Waals surface area contributed by atoms with Gasteiger partial charge in [-0.2, -0.15) is 5.26 Å². The highest BCUT2D eigenvalue weighted by atomic mass is 16.5. The molecule has 0 spiro atoms. The van der Waals surface area contributed by atoms with Gasteiger partial charge in [0.15, 0.2) is 0 Å². The average Bonchev–Trinajstić information content (AvgIpc) is 2.40. The molecule has 0 aliphatic rings. The molecule has 0 aliphatic heterocycles. The van der Waals surface area contributed by atoms with Crippen molar-refractivity contribution in [2.45, 2.75) is 6.10 Å². The van der Waals surface area contributed by atoms with Gasteiger partial charge in [-0.3, -0.25) is 4.79 Å². The lowest BCUT2D eigenvalue weighted by Gasteiger charge is -2.15. The van der Waals surface area contributed by atoms with E-state index < -0.39 is 12.0 Å². The number of hydrogen-bond donors (Lipinski definition) is 2. The lowest BCUT2D eigenvalue weighted by atomic mass is 10.1. The van der Waals surface area contributed by atoms with Crippen LogP contribution in [0.1, 0.15) is 5.56 Å². The first-order chi connectivity index (χ1) is 8.67. The van der Waals surface area contributed by atoms with Crippen LogP contribution in [0.3, 0.4) is 0 Å². The van der Waals surface area contributed by atoms with E-state index in [9.17, 15) is 4.79 Å². The number of methoxy groups -OCH3 is 2. The van der Waals surface area contributed by atoms with Gasteiger partial charge in [-0.15, -0.1) is 0 Å². The minimum absolute atomic E-state index is 0.0549. The highest BCUT2D eigenvalue weighted by molar-refractivity contribution is 5.97. The normalized spacial score (nSPS) is 11.4. The molecule has 1 atom stereocenters. The molecule has 1 rings (SSSR count). The van der Waals surface area contributed by atoms with E-state index in [1.54, 1.807) is 18.2 Å². The fourth-order valence-electron chi connectivity index (χ4n) is 1.44. The molecule has 1 amide bonds. The summed E-state index contributed by atoms with van der Waals surface area (Å²) in [6.45, 7) is 0.0549. The van der Waals surface area contributed by atoms with E-state index in [1.165, 1.54) is 14.2 Å². The van der Waals surface area contributed by atoms with Crippen molar-refractivity contribution < 1.29 is 14.3 Å². The summed E-state index contributed by atoms with van der Waals surface area (Å²) >= 11 is 0. The summed E-state index contributed by atoms with van der Waals surface area (Å²) in [5, 5.41) is 11.6. The Morgan fingerprint density at radius 2 is 2.28 bits per heavy atom. The second-order valence-electron chi connectivity index (χ2n) is 3.44. The second-order valence-corrected chi connectivity index (χ2v) is 3.44. The Bertz CT molecular complexity index is 464. The summed E-state index contributed by atoms with van der Waals surface area (Å²) < 4.78 is 10.0. The largest absolute Gasteiger partial charge is 0.495 e. The standard InChI is InChI=1S/C12H15N3O3/c1-17-9-5-3-4-8(6-13)11(9)15-12(16)10(7-14)18-2/h3-5,10H,7,14H2,1-2H3,(H,15,16). The monoisotopic (exact) mass is 249 g/mol. The van der Waals surface area contributed by atoms with Crippen LogP contribution in [-0.2, 0) is 9.53 Å². The molecule has 18 heavy (non-hydrogen) atoms. The van der Waals surface area contributed by atoms with Gasteiger partial charge >= 0.3 is 0 Å². The number of nitriles is 1. The summed E-state index contributed by atoms with van der Waals surface area (Å²) in [6.07, 6.45) is -0.763. The number of rotatable bonds is 5. The predicted octanol–water partition coefficient (Wildman–Crippen LogP) is 0.479. The first kappa shape index (κ1) is 14.0. The van der Waals surface area contributed by atoms with Crippen LogP contribution in [0.15, 0.2) is 18.2 Å². The lowest BCUT2D eigenvalue weighted by molar-refractivity contribution is -0.125. The van der Waals surface area contributed by atoms with Crippen LogP contribution in [0.4, 0.5) is 5.69 Å². The number of nitrogens with two attached hydrogens (primary N) is 1. The van der Waals surface area contributed by atoms with Crippen molar-refractivity contribution in [3.05, 3.63) is 23.8 Å². The Morgan fingerprint density at radius 3 is 2.78 bits per heavy atom. The van der Waals surface area contributed by atoms with Crippen LogP contribution in [0.2, 0.25) is 0 Å². The first-order valence-corrected chi connectivity index (χ1v) is 5.28. The third-order valence-electron chi connectivity index (χ3n) is 2.41. The van der Waals surface area contributed by atoms with Crippen molar-refractivity contribution in [2.75, 3.05) is 26.1 Å². The Labute approximate surface area is 105 Å². The van der Waals surface area contributed by atoms with Crippen molar-refractivity contribution in [1.82, 2.24) is 0 Å². The number of anilines is 1. The Kier molecular flexibility index (Phi) is 5.11. The Balaban J connectivity index is 3.03. The molecule has 3 N–H and O–H groups in total. The number of ether oxygens (including phenoxy) is 2. The lowest BCUT2D eigenvalue weighted by Crippen LogP contribution is -2.36. The van der Waals surface area contributed by atoms with Crippen molar-refractivity contribution in [3.8, 4) is 11.8 Å². The number of nitrogens with zero attached hydrogens (tertiary/aromatic N) is 1. The van der Waals surface area contributed by atoms with E-state index in [1.807, 2.05) is 6.07 Å².